The van der Waals surface area contributed by atoms with Crippen LogP contribution in [0.4, 0.5) is 19.1 Å². The second kappa shape index (κ2) is 7.76. The first kappa shape index (κ1) is 17.7. The lowest BCUT2D eigenvalue weighted by Crippen LogP contribution is -2.38. The topological polar surface area (TPSA) is 43.2 Å². The Labute approximate surface area is 139 Å². The van der Waals surface area contributed by atoms with Crippen LogP contribution in [-0.4, -0.2) is 53.0 Å². The number of hydrogen-bond donors (Lipinski definition) is 0. The third-order valence-electron chi connectivity index (χ3n) is 2.79. The van der Waals surface area contributed by atoms with Gasteiger partial charge in [-0.2, -0.15) is 13.2 Å². The van der Waals surface area contributed by atoms with Crippen molar-refractivity contribution >= 4 is 40.9 Å². The van der Waals surface area contributed by atoms with Gasteiger partial charge in [-0.3, -0.25) is 4.57 Å². The second-order valence-corrected chi connectivity index (χ2v) is 6.07. The Morgan fingerprint density at radius 2 is 2.00 bits per heavy atom. The average molecular weight is 377 g/mol. The number of aromatic nitrogens is 3. The van der Waals surface area contributed by atoms with Crippen LogP contribution >= 0.6 is 35.0 Å². The monoisotopic (exact) mass is 376 g/mol. The van der Waals surface area contributed by atoms with Crippen LogP contribution in [0.15, 0.2) is 15.7 Å². The zero-order valence-corrected chi connectivity index (χ0v) is 13.6. The number of alkyl halides is 3. The number of rotatable bonds is 5. The maximum absolute atomic E-state index is 12.8. The largest absolute Gasteiger partial charge is 0.406 e. The molecule has 0 saturated carbocycles. The first-order valence-electron chi connectivity index (χ1n) is 6.31. The minimum Gasteiger partial charge on any atom is -0.378 e. The molecule has 1 fully saturated rings. The minimum atomic E-state index is -4.37. The summed E-state index contributed by atoms with van der Waals surface area (Å²) < 4.78 is 44.7. The van der Waals surface area contributed by atoms with Gasteiger partial charge in [-0.15, -0.1) is 10.2 Å². The average Bonchev–Trinajstić information content (AvgIpc) is 2.86. The lowest BCUT2D eigenvalue weighted by Gasteiger charge is -2.28. The number of anilines is 1. The quantitative estimate of drug-likeness (QED) is 0.738. The molecule has 11 heteroatoms. The zero-order valence-electron chi connectivity index (χ0n) is 11.3. The Bertz CT molecular complexity index is 532. The van der Waals surface area contributed by atoms with Gasteiger partial charge < -0.3 is 9.64 Å². The molecule has 124 valence electrons. The Balaban J connectivity index is 2.22. The van der Waals surface area contributed by atoms with Crippen molar-refractivity contribution in [1.29, 1.82) is 0 Å². The highest BCUT2D eigenvalue weighted by Gasteiger charge is 2.32. The molecule has 0 aromatic carbocycles. The normalized spacial score (nSPS) is 17.1. The van der Waals surface area contributed by atoms with E-state index in [0.717, 1.165) is 16.3 Å². The van der Waals surface area contributed by atoms with Gasteiger partial charge in [0.15, 0.2) is 5.16 Å². The molecular formula is C11H13Cl2F3N4OS. The van der Waals surface area contributed by atoms with Crippen LogP contribution in [0.2, 0.25) is 0 Å². The lowest BCUT2D eigenvalue weighted by atomic mass is 10.4. The van der Waals surface area contributed by atoms with Gasteiger partial charge in [0.05, 0.1) is 13.2 Å². The third kappa shape index (κ3) is 4.94. The molecule has 1 saturated heterocycles. The molecule has 0 unspecified atom stereocenters. The van der Waals surface area contributed by atoms with Crippen molar-refractivity contribution in [3.8, 4) is 0 Å². The van der Waals surface area contributed by atoms with E-state index in [1.807, 2.05) is 0 Å². The number of hydrogen-bond acceptors (Lipinski definition) is 5. The van der Waals surface area contributed by atoms with E-state index < -0.39 is 12.7 Å². The molecule has 0 bridgehead atoms. The molecule has 5 nitrogen and oxygen atoms in total. The summed E-state index contributed by atoms with van der Waals surface area (Å²) in [5.41, 5.74) is 1.17. The van der Waals surface area contributed by atoms with Gasteiger partial charge in [0.25, 0.3) is 0 Å². The number of ether oxygens (including phenoxy) is 1. The van der Waals surface area contributed by atoms with Gasteiger partial charge in [0.2, 0.25) is 5.95 Å². The predicted molar refractivity (Wildman–Crippen MR) is 79.6 cm³/mol. The summed E-state index contributed by atoms with van der Waals surface area (Å²) >= 11 is 12.2. The number of halogens is 5. The van der Waals surface area contributed by atoms with Crippen LogP contribution in [0, 0.1) is 0 Å². The first-order chi connectivity index (χ1) is 10.4. The molecule has 0 radical (unpaired) electrons. The zero-order chi connectivity index (χ0) is 16.2. The van der Waals surface area contributed by atoms with Crippen LogP contribution in [-0.2, 0) is 11.3 Å². The molecule has 1 aromatic heterocycles. The molecule has 0 aliphatic carbocycles. The summed E-state index contributed by atoms with van der Waals surface area (Å²) in [6.45, 7) is 0.688. The second-order valence-electron chi connectivity index (χ2n) is 4.43. The molecule has 1 aromatic rings. The van der Waals surface area contributed by atoms with E-state index in [4.69, 9.17) is 27.9 Å². The van der Waals surface area contributed by atoms with Crippen LogP contribution < -0.4 is 4.90 Å². The van der Waals surface area contributed by atoms with Gasteiger partial charge in [0.1, 0.15) is 6.54 Å². The fourth-order valence-electron chi connectivity index (χ4n) is 1.87. The Kier molecular flexibility index (Phi) is 6.25. The summed E-state index contributed by atoms with van der Waals surface area (Å²) in [6, 6.07) is 0. The summed E-state index contributed by atoms with van der Waals surface area (Å²) in [4.78, 5) is 1.73. The molecule has 0 amide bonds. The molecule has 1 aliphatic rings. The van der Waals surface area contributed by atoms with Gasteiger partial charge in [-0.25, -0.2) is 0 Å². The lowest BCUT2D eigenvalue weighted by molar-refractivity contribution is -0.141. The minimum absolute atomic E-state index is 0.149. The van der Waals surface area contributed by atoms with Crippen LogP contribution in [0.3, 0.4) is 0 Å². The SMILES string of the molecule is FC(F)(F)Cn1c(SCC(Cl)=CCl)nnc1N1CCOCC1. The van der Waals surface area contributed by atoms with Crippen molar-refractivity contribution in [2.24, 2.45) is 0 Å². The Morgan fingerprint density at radius 3 is 2.59 bits per heavy atom. The smallest absolute Gasteiger partial charge is 0.378 e. The molecule has 2 heterocycles. The number of morpholine rings is 1. The first-order valence-corrected chi connectivity index (χ1v) is 8.11. The van der Waals surface area contributed by atoms with E-state index >= 15 is 0 Å². The maximum Gasteiger partial charge on any atom is 0.406 e. The molecule has 0 atom stereocenters. The highest BCUT2D eigenvalue weighted by molar-refractivity contribution is 7.99. The van der Waals surface area contributed by atoms with Crippen molar-refractivity contribution in [3.63, 3.8) is 0 Å². The van der Waals surface area contributed by atoms with Crippen molar-refractivity contribution in [2.45, 2.75) is 17.9 Å². The van der Waals surface area contributed by atoms with Gasteiger partial charge >= 0.3 is 6.18 Å². The van der Waals surface area contributed by atoms with Gasteiger partial charge in [0, 0.05) is 29.4 Å². The van der Waals surface area contributed by atoms with Crippen LogP contribution in [0.1, 0.15) is 0 Å². The molecule has 0 spiro atoms. The van der Waals surface area contributed by atoms with Crippen molar-refractivity contribution in [3.05, 3.63) is 10.6 Å². The third-order valence-corrected chi connectivity index (χ3v) is 4.58. The Morgan fingerprint density at radius 1 is 1.32 bits per heavy atom. The molecule has 0 N–H and O–H groups in total. The molecule has 22 heavy (non-hydrogen) atoms. The van der Waals surface area contributed by atoms with Crippen LogP contribution in [0.5, 0.6) is 0 Å². The van der Waals surface area contributed by atoms with Crippen LogP contribution in [0.25, 0.3) is 0 Å². The van der Waals surface area contributed by atoms with Gasteiger partial charge in [-0.05, 0) is 0 Å². The number of nitrogens with zero attached hydrogens (tertiary/aromatic N) is 4. The van der Waals surface area contributed by atoms with Crippen molar-refractivity contribution < 1.29 is 17.9 Å². The summed E-state index contributed by atoms with van der Waals surface area (Å²) in [6.07, 6.45) is -4.37. The number of thioether (sulfide) groups is 1. The van der Waals surface area contributed by atoms with Crippen molar-refractivity contribution in [1.82, 2.24) is 14.8 Å². The van der Waals surface area contributed by atoms with E-state index in [-0.39, 0.29) is 16.9 Å². The molecular weight excluding hydrogens is 364 g/mol. The molecule has 2 rings (SSSR count). The summed E-state index contributed by atoms with van der Waals surface area (Å²) in [5, 5.41) is 8.21. The van der Waals surface area contributed by atoms with E-state index in [0.29, 0.717) is 31.3 Å². The van der Waals surface area contributed by atoms with E-state index in [2.05, 4.69) is 10.2 Å². The Hall–Kier alpha value is -0.640. The van der Waals surface area contributed by atoms with E-state index in [9.17, 15) is 13.2 Å². The fraction of sp³-hybridized carbons (Fsp3) is 0.636. The highest BCUT2D eigenvalue weighted by atomic mass is 35.5. The maximum atomic E-state index is 12.8. The van der Waals surface area contributed by atoms with E-state index in [1.165, 1.54) is 5.54 Å². The summed E-state index contributed by atoms with van der Waals surface area (Å²) in [7, 11) is 0. The standard InChI is InChI=1S/C11H13Cl2F3N4OS/c12-5-8(13)6-22-10-18-17-9(19-1-3-21-4-2-19)20(10)7-11(14,15)16/h5H,1-4,6-7H2. The summed E-state index contributed by atoms with van der Waals surface area (Å²) in [5.74, 6) is 0.415. The molecule has 1 aliphatic heterocycles. The predicted octanol–water partition coefficient (Wildman–Crippen LogP) is 3.09. The fourth-order valence-corrected chi connectivity index (χ4v) is 2.95. The highest BCUT2D eigenvalue weighted by Crippen LogP contribution is 2.29. The van der Waals surface area contributed by atoms with E-state index in [1.54, 1.807) is 4.90 Å². The van der Waals surface area contributed by atoms with Gasteiger partial charge in [-0.1, -0.05) is 35.0 Å². The van der Waals surface area contributed by atoms with Crippen molar-refractivity contribution in [2.75, 3.05) is 37.0 Å².